The van der Waals surface area contributed by atoms with E-state index >= 15 is 0 Å². The van der Waals surface area contributed by atoms with Gasteiger partial charge in [0.15, 0.2) is 0 Å². The number of rotatable bonds is 2. The van der Waals surface area contributed by atoms with Crippen molar-refractivity contribution >= 4 is 0 Å². The largest absolute Gasteiger partial charge is 0.331 e. The van der Waals surface area contributed by atoms with E-state index in [2.05, 4.69) is 21.1 Å². The molecule has 2 aliphatic rings. The summed E-state index contributed by atoms with van der Waals surface area (Å²) in [6.07, 6.45) is 9.46. The van der Waals surface area contributed by atoms with E-state index in [0.717, 1.165) is 12.6 Å². The molecule has 2 heterocycles. The van der Waals surface area contributed by atoms with Gasteiger partial charge in [-0.25, -0.2) is 4.98 Å². The van der Waals surface area contributed by atoms with Gasteiger partial charge in [-0.05, 0) is 32.2 Å². The van der Waals surface area contributed by atoms with Gasteiger partial charge >= 0.3 is 0 Å². The molecule has 14 heavy (non-hydrogen) atoms. The smallest absolute Gasteiger partial charge is 0.0950 e. The molecule has 3 rings (SSSR count). The Labute approximate surface area is 84.5 Å². The number of imidazole rings is 1. The van der Waals surface area contributed by atoms with Crippen LogP contribution in [0.4, 0.5) is 0 Å². The van der Waals surface area contributed by atoms with Crippen LogP contribution in [0.2, 0.25) is 0 Å². The van der Waals surface area contributed by atoms with Crippen molar-refractivity contribution in [3.8, 4) is 0 Å². The summed E-state index contributed by atoms with van der Waals surface area (Å²) in [6, 6.07) is 0.757. The number of nitrogens with one attached hydrogen (secondary N) is 1. The van der Waals surface area contributed by atoms with Crippen LogP contribution in [0.15, 0.2) is 12.5 Å². The molecule has 76 valence electrons. The number of hydrogen-bond donors (Lipinski definition) is 1. The first-order valence-corrected chi connectivity index (χ1v) is 5.67. The highest BCUT2D eigenvalue weighted by molar-refractivity contribution is 5.11. The van der Waals surface area contributed by atoms with Gasteiger partial charge in [0.2, 0.25) is 0 Å². The summed E-state index contributed by atoms with van der Waals surface area (Å²) in [7, 11) is 0. The van der Waals surface area contributed by atoms with E-state index in [4.69, 9.17) is 0 Å². The molecule has 1 aliphatic heterocycles. The van der Waals surface area contributed by atoms with Crippen molar-refractivity contribution in [3.63, 3.8) is 0 Å². The second-order valence-corrected chi connectivity index (χ2v) is 4.50. The molecular formula is C11H17N3. The van der Waals surface area contributed by atoms with E-state index in [-0.39, 0.29) is 0 Å². The first-order valence-electron chi connectivity index (χ1n) is 5.67. The molecule has 1 saturated carbocycles. The molecule has 1 atom stereocenters. The quantitative estimate of drug-likeness (QED) is 0.771. The molecule has 1 aromatic rings. The second-order valence-electron chi connectivity index (χ2n) is 4.50. The highest BCUT2D eigenvalue weighted by Crippen LogP contribution is 2.35. The van der Waals surface area contributed by atoms with Crippen molar-refractivity contribution < 1.29 is 0 Å². The van der Waals surface area contributed by atoms with Gasteiger partial charge < -0.3 is 9.88 Å². The topological polar surface area (TPSA) is 29.9 Å². The van der Waals surface area contributed by atoms with Crippen molar-refractivity contribution in [2.45, 2.75) is 37.6 Å². The fourth-order valence-electron chi connectivity index (χ4n) is 2.51. The molecular weight excluding hydrogens is 174 g/mol. The van der Waals surface area contributed by atoms with E-state index in [1.54, 1.807) is 0 Å². The molecule has 1 unspecified atom stereocenters. The molecule has 0 spiro atoms. The van der Waals surface area contributed by atoms with Crippen LogP contribution in [-0.4, -0.2) is 22.6 Å². The highest BCUT2D eigenvalue weighted by Gasteiger charge is 2.26. The van der Waals surface area contributed by atoms with Crippen LogP contribution in [-0.2, 0) is 0 Å². The van der Waals surface area contributed by atoms with Crippen LogP contribution in [0.5, 0.6) is 0 Å². The van der Waals surface area contributed by atoms with Gasteiger partial charge in [0, 0.05) is 30.4 Å². The molecule has 3 heteroatoms. The average Bonchev–Trinajstić information content (AvgIpc) is 2.66. The van der Waals surface area contributed by atoms with Gasteiger partial charge in [-0.15, -0.1) is 0 Å². The minimum Gasteiger partial charge on any atom is -0.331 e. The molecule has 1 saturated heterocycles. The third-order valence-electron chi connectivity index (χ3n) is 3.64. The lowest BCUT2D eigenvalue weighted by Gasteiger charge is -2.29. The highest BCUT2D eigenvalue weighted by atomic mass is 15.1. The van der Waals surface area contributed by atoms with Crippen molar-refractivity contribution in [1.29, 1.82) is 0 Å². The third-order valence-corrected chi connectivity index (χ3v) is 3.64. The summed E-state index contributed by atoms with van der Waals surface area (Å²) in [5.41, 5.74) is 1.46. The monoisotopic (exact) mass is 191 g/mol. The normalized spacial score (nSPS) is 27.9. The maximum absolute atomic E-state index is 4.30. The first kappa shape index (κ1) is 8.48. The predicted octanol–water partition coefficient (Wildman–Crippen LogP) is 1.68. The lowest BCUT2D eigenvalue weighted by atomic mass is 9.92. The molecule has 0 radical (unpaired) electrons. The predicted molar refractivity (Wildman–Crippen MR) is 55.3 cm³/mol. The maximum atomic E-state index is 4.30. The van der Waals surface area contributed by atoms with Crippen LogP contribution >= 0.6 is 0 Å². The lowest BCUT2D eigenvalue weighted by Crippen LogP contribution is -2.20. The Morgan fingerprint density at radius 3 is 2.93 bits per heavy atom. The fraction of sp³-hybridized carbons (Fsp3) is 0.727. The van der Waals surface area contributed by atoms with Crippen LogP contribution in [0.25, 0.3) is 0 Å². The Morgan fingerprint density at radius 1 is 1.36 bits per heavy atom. The first-order chi connectivity index (χ1) is 6.95. The van der Waals surface area contributed by atoms with E-state index in [1.165, 1.54) is 37.9 Å². The van der Waals surface area contributed by atoms with Gasteiger partial charge in [0.1, 0.15) is 0 Å². The minimum absolute atomic E-state index is 0.707. The Balaban J connectivity index is 1.85. The summed E-state index contributed by atoms with van der Waals surface area (Å²) in [6.45, 7) is 2.30. The average molecular weight is 191 g/mol. The molecule has 1 N–H and O–H groups in total. The standard InChI is InChI=1S/C11H17N3/c1-2-10(3-1)14-8-13-7-11(14)9-4-5-12-6-9/h7-10,12H,1-6H2. The summed E-state index contributed by atoms with van der Waals surface area (Å²) in [5.74, 6) is 0.707. The van der Waals surface area contributed by atoms with Crippen molar-refractivity contribution in [3.05, 3.63) is 18.2 Å². The number of aromatic nitrogens is 2. The van der Waals surface area contributed by atoms with Crippen LogP contribution in [0, 0.1) is 0 Å². The SMILES string of the molecule is c1ncn(C2CCC2)c1C1CCNC1. The molecule has 2 fully saturated rings. The summed E-state index contributed by atoms with van der Waals surface area (Å²) >= 11 is 0. The Bertz CT molecular complexity index is 308. The van der Waals surface area contributed by atoms with Crippen LogP contribution < -0.4 is 5.32 Å². The number of nitrogens with zero attached hydrogens (tertiary/aromatic N) is 2. The summed E-state index contributed by atoms with van der Waals surface area (Å²) in [5, 5.41) is 3.42. The zero-order valence-corrected chi connectivity index (χ0v) is 8.45. The third kappa shape index (κ3) is 1.27. The van der Waals surface area contributed by atoms with Crippen molar-refractivity contribution in [1.82, 2.24) is 14.9 Å². The van der Waals surface area contributed by atoms with Crippen molar-refractivity contribution in [2.75, 3.05) is 13.1 Å². The van der Waals surface area contributed by atoms with E-state index in [0.29, 0.717) is 5.92 Å². The lowest BCUT2D eigenvalue weighted by molar-refractivity contribution is 0.303. The Hall–Kier alpha value is -0.830. The van der Waals surface area contributed by atoms with Gasteiger partial charge in [-0.2, -0.15) is 0 Å². The van der Waals surface area contributed by atoms with Gasteiger partial charge in [0.05, 0.1) is 6.33 Å². The van der Waals surface area contributed by atoms with Gasteiger partial charge in [0.25, 0.3) is 0 Å². The zero-order valence-electron chi connectivity index (χ0n) is 8.45. The minimum atomic E-state index is 0.707. The molecule has 0 bridgehead atoms. The van der Waals surface area contributed by atoms with Crippen LogP contribution in [0.1, 0.15) is 43.3 Å². The van der Waals surface area contributed by atoms with E-state index in [9.17, 15) is 0 Å². The summed E-state index contributed by atoms with van der Waals surface area (Å²) < 4.78 is 2.42. The Kier molecular flexibility index (Phi) is 2.05. The van der Waals surface area contributed by atoms with E-state index in [1.807, 2.05) is 6.33 Å². The zero-order chi connectivity index (χ0) is 9.38. The maximum Gasteiger partial charge on any atom is 0.0950 e. The molecule has 3 nitrogen and oxygen atoms in total. The molecule has 0 aromatic carbocycles. The van der Waals surface area contributed by atoms with E-state index < -0.39 is 0 Å². The van der Waals surface area contributed by atoms with Gasteiger partial charge in [-0.1, -0.05) is 0 Å². The Morgan fingerprint density at radius 2 is 2.29 bits per heavy atom. The second kappa shape index (κ2) is 3.39. The number of hydrogen-bond acceptors (Lipinski definition) is 2. The van der Waals surface area contributed by atoms with Crippen LogP contribution in [0.3, 0.4) is 0 Å². The molecule has 0 amide bonds. The molecule has 1 aromatic heterocycles. The fourth-order valence-corrected chi connectivity index (χ4v) is 2.51. The summed E-state index contributed by atoms with van der Waals surface area (Å²) in [4.78, 5) is 4.30. The van der Waals surface area contributed by atoms with Gasteiger partial charge in [-0.3, -0.25) is 0 Å². The molecule has 1 aliphatic carbocycles. The van der Waals surface area contributed by atoms with Crippen molar-refractivity contribution in [2.24, 2.45) is 0 Å².